The van der Waals surface area contributed by atoms with Crippen molar-refractivity contribution in [2.24, 2.45) is 0 Å². The van der Waals surface area contributed by atoms with E-state index < -0.39 is 0 Å². The summed E-state index contributed by atoms with van der Waals surface area (Å²) in [5, 5.41) is 1.64. The molecule has 1 aromatic carbocycles. The average Bonchev–Trinajstić information content (AvgIpc) is 2.49. The molecule has 0 N–H and O–H groups in total. The molecule has 0 heterocycles. The Bertz CT molecular complexity index is 371. The predicted molar refractivity (Wildman–Crippen MR) is 61.7 cm³/mol. The summed E-state index contributed by atoms with van der Waals surface area (Å²) in [6.45, 7) is 2.24. The van der Waals surface area contributed by atoms with Crippen molar-refractivity contribution in [2.75, 3.05) is 0 Å². The maximum atomic E-state index is 2.35. The zero-order valence-electron chi connectivity index (χ0n) is 8.17. The third-order valence-corrected chi connectivity index (χ3v) is 3.90. The van der Waals surface area contributed by atoms with Crippen LogP contribution in [-0.4, -0.2) is 10.2 Å². The first kappa shape index (κ1) is 8.51. The van der Waals surface area contributed by atoms with E-state index in [1.54, 1.807) is 5.20 Å². The molecule has 1 heteroatoms. The lowest BCUT2D eigenvalue weighted by atomic mass is 10.0. The van der Waals surface area contributed by atoms with Crippen LogP contribution in [0.5, 0.6) is 0 Å². The molecule has 0 amide bonds. The molecule has 1 aliphatic rings. The highest BCUT2D eigenvalue weighted by Gasteiger charge is 2.10. The van der Waals surface area contributed by atoms with Crippen LogP contribution in [0.1, 0.15) is 18.9 Å². The van der Waals surface area contributed by atoms with Crippen LogP contribution in [0.2, 0.25) is 0 Å². The first-order valence-corrected chi connectivity index (χ1v) is 5.71. The zero-order chi connectivity index (χ0) is 9.26. The van der Waals surface area contributed by atoms with Crippen molar-refractivity contribution in [3.63, 3.8) is 0 Å². The lowest BCUT2D eigenvalue weighted by Crippen LogP contribution is -1.84. The van der Waals surface area contributed by atoms with Gasteiger partial charge in [-0.1, -0.05) is 41.6 Å². The monoisotopic (exact) mass is 186 g/mol. The van der Waals surface area contributed by atoms with Crippen LogP contribution in [0.3, 0.4) is 0 Å². The quantitative estimate of drug-likeness (QED) is 0.589. The molecule has 0 bridgehead atoms. The molecule has 0 fully saturated rings. The first-order valence-electron chi connectivity index (χ1n) is 4.71. The lowest BCUT2D eigenvalue weighted by molar-refractivity contribution is 1.37. The third kappa shape index (κ3) is 1.52. The van der Waals surface area contributed by atoms with Gasteiger partial charge in [0.25, 0.3) is 0 Å². The minimum atomic E-state index is 1.18. The molecule has 0 saturated carbocycles. The number of benzene rings is 1. The summed E-state index contributed by atoms with van der Waals surface area (Å²) in [5.74, 6) is 0. The zero-order valence-corrected chi connectivity index (χ0v) is 10.2. The highest BCUT2D eigenvalue weighted by molar-refractivity contribution is 6.24. The Balaban J connectivity index is 2.40. The fraction of sp³-hybridized carbons (Fsp3) is 0.167. The predicted octanol–water partition coefficient (Wildman–Crippen LogP) is 2.11. The molecule has 0 aromatic heterocycles. The molecule has 66 valence electrons. The highest BCUT2D eigenvalue weighted by atomic mass is 28.1. The second-order valence-corrected chi connectivity index (χ2v) is 4.80. The summed E-state index contributed by atoms with van der Waals surface area (Å²) in [7, 11) is 1.20. The molecule has 0 atom stereocenters. The van der Waals surface area contributed by atoms with Gasteiger partial charge in [0.05, 0.1) is 0 Å². The minimum Gasteiger partial charge on any atom is -0.0846 e. The maximum absolute atomic E-state index is 2.35. The summed E-state index contributed by atoms with van der Waals surface area (Å²) in [4.78, 5) is 0. The van der Waals surface area contributed by atoms with Crippen LogP contribution < -0.4 is 0 Å². The van der Waals surface area contributed by atoms with Crippen molar-refractivity contribution in [3.05, 3.63) is 52.7 Å². The van der Waals surface area contributed by atoms with Gasteiger partial charge in [0.1, 0.15) is 0 Å². The number of hydrogen-bond donors (Lipinski definition) is 0. The molecule has 0 unspecified atom stereocenters. The SMILES string of the molecule is CC1=C([SiH3])CC=C1c1ccccc1. The lowest BCUT2D eigenvalue weighted by Gasteiger charge is -2.04. The largest absolute Gasteiger partial charge is 0.0846 e. The fourth-order valence-corrected chi connectivity index (χ4v) is 2.22. The number of hydrogen-bond acceptors (Lipinski definition) is 0. The number of rotatable bonds is 1. The van der Waals surface area contributed by atoms with E-state index in [0.717, 1.165) is 0 Å². The first-order chi connectivity index (χ1) is 6.29. The summed E-state index contributed by atoms with van der Waals surface area (Å²) in [6, 6.07) is 10.7. The molecule has 0 saturated heterocycles. The second kappa shape index (κ2) is 3.34. The molecule has 2 rings (SSSR count). The Kier molecular flexibility index (Phi) is 2.19. The normalized spacial score (nSPS) is 16.5. The van der Waals surface area contributed by atoms with E-state index >= 15 is 0 Å². The summed E-state index contributed by atoms with van der Waals surface area (Å²) in [5.41, 5.74) is 4.33. The topological polar surface area (TPSA) is 0 Å². The van der Waals surface area contributed by atoms with Crippen molar-refractivity contribution in [1.29, 1.82) is 0 Å². The molecule has 13 heavy (non-hydrogen) atoms. The van der Waals surface area contributed by atoms with E-state index in [1.165, 1.54) is 33.4 Å². The van der Waals surface area contributed by atoms with E-state index in [-0.39, 0.29) is 0 Å². The molecule has 0 aliphatic heterocycles. The van der Waals surface area contributed by atoms with Crippen LogP contribution >= 0.6 is 0 Å². The van der Waals surface area contributed by atoms with Gasteiger partial charge in [-0.15, -0.1) is 0 Å². The van der Waals surface area contributed by atoms with Gasteiger partial charge >= 0.3 is 0 Å². The third-order valence-electron chi connectivity index (χ3n) is 2.74. The van der Waals surface area contributed by atoms with E-state index in [1.807, 2.05) is 0 Å². The summed E-state index contributed by atoms with van der Waals surface area (Å²) >= 11 is 0. The smallest absolute Gasteiger partial charge is 0.0340 e. The van der Waals surface area contributed by atoms with Gasteiger partial charge in [-0.3, -0.25) is 0 Å². The van der Waals surface area contributed by atoms with E-state index in [9.17, 15) is 0 Å². The molecule has 0 radical (unpaired) electrons. The van der Waals surface area contributed by atoms with Crippen LogP contribution in [0.25, 0.3) is 5.57 Å². The fourth-order valence-electron chi connectivity index (χ4n) is 1.74. The standard InChI is InChI=1S/C12H14Si/c1-9-11(7-8-12(9)13)10-5-3-2-4-6-10/h2-7H,8H2,1,13H3. The van der Waals surface area contributed by atoms with Gasteiger partial charge in [-0.25, -0.2) is 0 Å². The molecular formula is C12H14Si. The van der Waals surface area contributed by atoms with Crippen LogP contribution in [0.15, 0.2) is 47.2 Å². The molecule has 0 nitrogen and oxygen atoms in total. The average molecular weight is 186 g/mol. The second-order valence-electron chi connectivity index (χ2n) is 3.59. The minimum absolute atomic E-state index is 1.18. The van der Waals surface area contributed by atoms with Gasteiger partial charge in [-0.2, -0.15) is 0 Å². The van der Waals surface area contributed by atoms with Gasteiger partial charge < -0.3 is 0 Å². The van der Waals surface area contributed by atoms with Gasteiger partial charge in [0.15, 0.2) is 0 Å². The maximum Gasteiger partial charge on any atom is 0.0340 e. The van der Waals surface area contributed by atoms with Crippen molar-refractivity contribution in [2.45, 2.75) is 13.3 Å². The van der Waals surface area contributed by atoms with Gasteiger partial charge in [0.2, 0.25) is 0 Å². The van der Waals surface area contributed by atoms with E-state index in [4.69, 9.17) is 0 Å². The van der Waals surface area contributed by atoms with Crippen LogP contribution in [0, 0.1) is 0 Å². The van der Waals surface area contributed by atoms with Crippen molar-refractivity contribution < 1.29 is 0 Å². The van der Waals surface area contributed by atoms with Crippen molar-refractivity contribution in [3.8, 4) is 0 Å². The Hall–Kier alpha value is -1.08. The molecular weight excluding hydrogens is 172 g/mol. The van der Waals surface area contributed by atoms with Gasteiger partial charge in [0, 0.05) is 10.2 Å². The molecule has 1 aliphatic carbocycles. The van der Waals surface area contributed by atoms with Crippen molar-refractivity contribution in [1.82, 2.24) is 0 Å². The molecule has 1 aromatic rings. The summed E-state index contributed by atoms with van der Waals surface area (Å²) in [6.07, 6.45) is 3.54. The van der Waals surface area contributed by atoms with Crippen LogP contribution in [0.4, 0.5) is 0 Å². The number of allylic oxidation sites excluding steroid dienone is 4. The molecule has 0 spiro atoms. The Morgan fingerprint density at radius 2 is 1.85 bits per heavy atom. The Morgan fingerprint density at radius 1 is 1.15 bits per heavy atom. The summed E-state index contributed by atoms with van der Waals surface area (Å²) < 4.78 is 0. The van der Waals surface area contributed by atoms with Gasteiger partial charge in [-0.05, 0) is 30.1 Å². The Labute approximate surface area is 82.4 Å². The highest BCUT2D eigenvalue weighted by Crippen LogP contribution is 2.31. The van der Waals surface area contributed by atoms with Crippen LogP contribution in [-0.2, 0) is 0 Å². The van der Waals surface area contributed by atoms with E-state index in [0.29, 0.717) is 0 Å². The van der Waals surface area contributed by atoms with Crippen molar-refractivity contribution >= 4 is 15.8 Å². The Morgan fingerprint density at radius 3 is 2.38 bits per heavy atom. The van der Waals surface area contributed by atoms with E-state index in [2.05, 4.69) is 43.3 Å².